The van der Waals surface area contributed by atoms with Crippen LogP contribution in [0.2, 0.25) is 5.02 Å². The van der Waals surface area contributed by atoms with Crippen LogP contribution in [0.1, 0.15) is 41.5 Å². The predicted molar refractivity (Wildman–Crippen MR) is 100.0 cm³/mol. The van der Waals surface area contributed by atoms with E-state index in [9.17, 15) is 22.8 Å². The highest BCUT2D eigenvalue weighted by Crippen LogP contribution is 2.25. The van der Waals surface area contributed by atoms with Crippen molar-refractivity contribution in [2.45, 2.75) is 33.0 Å². The largest absolute Gasteiger partial charge is 0.467 e. The Bertz CT molecular complexity index is 922. The third-order valence-electron chi connectivity index (χ3n) is 3.57. The first kappa shape index (κ1) is 22.4. The Labute approximate surface area is 169 Å². The summed E-state index contributed by atoms with van der Waals surface area (Å²) in [5, 5.41) is 5.08. The van der Waals surface area contributed by atoms with Crippen LogP contribution >= 0.6 is 11.6 Å². The minimum absolute atomic E-state index is 0.0501. The fraction of sp³-hybridized carbons (Fsp3) is 0.333. The van der Waals surface area contributed by atoms with Crippen molar-refractivity contribution in [3.63, 3.8) is 0 Å². The lowest BCUT2D eigenvalue weighted by atomic mass is 10.1. The Kier molecular flexibility index (Phi) is 7.02. The number of hydrogen-bond acceptors (Lipinski definition) is 5. The van der Waals surface area contributed by atoms with Gasteiger partial charge in [0.25, 0.3) is 5.91 Å². The minimum Gasteiger partial charge on any atom is -0.467 e. The number of aryl methyl sites for hydroxylation is 1. The van der Waals surface area contributed by atoms with E-state index in [-0.39, 0.29) is 16.5 Å². The van der Waals surface area contributed by atoms with Crippen LogP contribution in [0.25, 0.3) is 0 Å². The van der Waals surface area contributed by atoms with E-state index in [2.05, 4.69) is 25.3 Å². The highest BCUT2D eigenvalue weighted by Gasteiger charge is 2.29. The molecule has 0 aromatic carbocycles. The molecular weight excluding hydrogens is 413 g/mol. The molecule has 0 saturated heterocycles. The van der Waals surface area contributed by atoms with Gasteiger partial charge in [-0.15, -0.1) is 0 Å². The number of halogens is 4. The van der Waals surface area contributed by atoms with Gasteiger partial charge >= 0.3 is 6.18 Å². The topological polar surface area (TPSA) is 93.2 Å². The van der Waals surface area contributed by atoms with E-state index in [1.165, 1.54) is 13.0 Å². The van der Waals surface area contributed by atoms with Crippen molar-refractivity contribution in [3.8, 4) is 5.88 Å². The number of ether oxygens (including phenoxy) is 1. The maximum atomic E-state index is 12.4. The monoisotopic (exact) mass is 430 g/mol. The summed E-state index contributed by atoms with van der Waals surface area (Å²) < 4.78 is 41.2. The van der Waals surface area contributed by atoms with Gasteiger partial charge in [0.15, 0.2) is 6.61 Å². The number of anilines is 1. The molecule has 0 aliphatic carbocycles. The van der Waals surface area contributed by atoms with Crippen LogP contribution < -0.4 is 15.4 Å². The number of amides is 2. The van der Waals surface area contributed by atoms with E-state index in [1.54, 1.807) is 26.0 Å². The van der Waals surface area contributed by atoms with Crippen molar-refractivity contribution in [1.82, 2.24) is 15.3 Å². The maximum Gasteiger partial charge on any atom is 0.422 e. The first-order chi connectivity index (χ1) is 13.4. The second-order valence-electron chi connectivity index (χ2n) is 6.22. The molecule has 2 N–H and O–H groups in total. The van der Waals surface area contributed by atoms with Crippen molar-refractivity contribution in [3.05, 3.63) is 46.2 Å². The summed E-state index contributed by atoms with van der Waals surface area (Å²) in [4.78, 5) is 31.5. The zero-order valence-electron chi connectivity index (χ0n) is 15.7. The fourth-order valence-corrected chi connectivity index (χ4v) is 2.58. The molecule has 156 valence electrons. The first-order valence-electron chi connectivity index (χ1n) is 8.36. The number of nitrogens with one attached hydrogen (secondary N) is 2. The van der Waals surface area contributed by atoms with E-state index >= 15 is 0 Å². The second-order valence-corrected chi connectivity index (χ2v) is 6.63. The molecule has 2 heterocycles. The smallest absolute Gasteiger partial charge is 0.422 e. The lowest BCUT2D eigenvalue weighted by Gasteiger charge is -2.16. The van der Waals surface area contributed by atoms with Gasteiger partial charge in [-0.05, 0) is 37.6 Å². The zero-order chi connectivity index (χ0) is 21.8. The average Bonchev–Trinajstić information content (AvgIpc) is 2.58. The van der Waals surface area contributed by atoms with E-state index < -0.39 is 30.6 Å². The third kappa shape index (κ3) is 6.90. The van der Waals surface area contributed by atoms with Crippen LogP contribution in [0.4, 0.5) is 19.0 Å². The van der Waals surface area contributed by atoms with Crippen LogP contribution in [0.15, 0.2) is 24.4 Å². The molecule has 2 aromatic rings. The van der Waals surface area contributed by atoms with Gasteiger partial charge in [0, 0.05) is 18.8 Å². The maximum absolute atomic E-state index is 12.4. The Hall–Kier alpha value is -2.88. The molecule has 2 amide bonds. The molecule has 2 aromatic heterocycles. The summed E-state index contributed by atoms with van der Waals surface area (Å²) in [5.74, 6) is -0.883. The summed E-state index contributed by atoms with van der Waals surface area (Å²) in [7, 11) is 0. The van der Waals surface area contributed by atoms with Crippen LogP contribution in [0, 0.1) is 6.92 Å². The Balaban J connectivity index is 2.10. The molecule has 0 aliphatic heterocycles. The predicted octanol–water partition coefficient (Wildman–Crippen LogP) is 3.83. The number of pyridine rings is 2. The van der Waals surface area contributed by atoms with Crippen molar-refractivity contribution in [2.24, 2.45) is 0 Å². The van der Waals surface area contributed by atoms with Crippen molar-refractivity contribution in [1.29, 1.82) is 0 Å². The Morgan fingerprint density at radius 2 is 1.97 bits per heavy atom. The van der Waals surface area contributed by atoms with Gasteiger partial charge in [-0.25, -0.2) is 9.97 Å². The fourth-order valence-electron chi connectivity index (χ4n) is 2.36. The van der Waals surface area contributed by atoms with E-state index in [4.69, 9.17) is 11.6 Å². The number of carbonyl (C=O) groups is 2. The number of alkyl halides is 3. The van der Waals surface area contributed by atoms with Crippen LogP contribution in [-0.2, 0) is 4.79 Å². The molecule has 7 nitrogen and oxygen atoms in total. The molecule has 0 radical (unpaired) electrons. The molecule has 1 atom stereocenters. The molecule has 29 heavy (non-hydrogen) atoms. The van der Waals surface area contributed by atoms with Crippen LogP contribution in [0.3, 0.4) is 0 Å². The molecule has 2 rings (SSSR count). The standard InChI is InChI=1S/C18H18ClF3N4O3/c1-9-4-12(6-15(24-9)26-11(3)27)10(2)25-16(28)13-5-14(19)17(23-7-13)29-8-18(20,21)22/h4-7,10H,8H2,1-3H3,(H,25,28)(H,24,26,27). The van der Waals surface area contributed by atoms with E-state index in [1.807, 2.05) is 0 Å². The summed E-state index contributed by atoms with van der Waals surface area (Å²) in [6, 6.07) is 4.08. The lowest BCUT2D eigenvalue weighted by molar-refractivity contribution is -0.154. The molecule has 0 fully saturated rings. The Morgan fingerprint density at radius 3 is 2.55 bits per heavy atom. The summed E-state index contributed by atoms with van der Waals surface area (Å²) in [6.07, 6.45) is -3.46. The van der Waals surface area contributed by atoms with Gasteiger partial charge in [0.05, 0.1) is 11.6 Å². The van der Waals surface area contributed by atoms with Gasteiger partial charge < -0.3 is 15.4 Å². The molecule has 0 bridgehead atoms. The van der Waals surface area contributed by atoms with Crippen molar-refractivity contribution in [2.75, 3.05) is 11.9 Å². The number of aromatic nitrogens is 2. The SMILES string of the molecule is CC(=O)Nc1cc(C(C)NC(=O)c2cnc(OCC(F)(F)F)c(Cl)c2)cc(C)n1. The molecule has 0 saturated carbocycles. The normalized spacial score (nSPS) is 12.2. The van der Waals surface area contributed by atoms with Gasteiger partial charge in [-0.2, -0.15) is 13.2 Å². The van der Waals surface area contributed by atoms with Crippen LogP contribution in [0.5, 0.6) is 5.88 Å². The third-order valence-corrected chi connectivity index (χ3v) is 3.84. The van der Waals surface area contributed by atoms with Gasteiger partial charge in [0.1, 0.15) is 10.8 Å². The second kappa shape index (κ2) is 9.08. The van der Waals surface area contributed by atoms with Crippen LogP contribution in [-0.4, -0.2) is 34.6 Å². The van der Waals surface area contributed by atoms with E-state index in [0.717, 1.165) is 6.20 Å². The quantitative estimate of drug-likeness (QED) is 0.726. The Morgan fingerprint density at radius 1 is 1.28 bits per heavy atom. The average molecular weight is 431 g/mol. The number of hydrogen-bond donors (Lipinski definition) is 2. The highest BCUT2D eigenvalue weighted by molar-refractivity contribution is 6.32. The first-order valence-corrected chi connectivity index (χ1v) is 8.74. The molecule has 1 unspecified atom stereocenters. The molecule has 11 heteroatoms. The van der Waals surface area contributed by atoms with Gasteiger partial charge in [0.2, 0.25) is 11.8 Å². The molecule has 0 aliphatic rings. The zero-order valence-corrected chi connectivity index (χ0v) is 16.5. The molecular formula is C18H18ClF3N4O3. The summed E-state index contributed by atoms with van der Waals surface area (Å²) >= 11 is 5.86. The number of rotatable bonds is 6. The lowest BCUT2D eigenvalue weighted by Crippen LogP contribution is -2.27. The van der Waals surface area contributed by atoms with Crippen molar-refractivity contribution >= 4 is 29.2 Å². The summed E-state index contributed by atoms with van der Waals surface area (Å²) in [5.41, 5.74) is 1.39. The minimum atomic E-state index is -4.53. The number of nitrogens with zero attached hydrogens (tertiary/aromatic N) is 2. The van der Waals surface area contributed by atoms with Crippen molar-refractivity contribution < 1.29 is 27.5 Å². The van der Waals surface area contributed by atoms with E-state index in [0.29, 0.717) is 17.1 Å². The number of carbonyl (C=O) groups excluding carboxylic acids is 2. The van der Waals surface area contributed by atoms with Gasteiger partial charge in [-0.3, -0.25) is 9.59 Å². The molecule has 0 spiro atoms. The summed E-state index contributed by atoms with van der Waals surface area (Å²) in [6.45, 7) is 3.28. The van der Waals surface area contributed by atoms with Gasteiger partial charge in [-0.1, -0.05) is 11.6 Å². The highest BCUT2D eigenvalue weighted by atomic mass is 35.5.